The van der Waals surface area contributed by atoms with Crippen molar-refractivity contribution in [2.45, 2.75) is 66.8 Å². The third-order valence-corrected chi connectivity index (χ3v) is 3.47. The first-order chi connectivity index (χ1) is 16.1. The Kier molecular flexibility index (Phi) is 9.28. The van der Waals surface area contributed by atoms with Gasteiger partial charge in [0.25, 0.3) is 6.10 Å². The highest BCUT2D eigenvalue weighted by Gasteiger charge is 2.86. The van der Waals surface area contributed by atoms with E-state index in [9.17, 15) is 101 Å². The van der Waals surface area contributed by atoms with Crippen LogP contribution in [0.5, 0.6) is 0 Å². The van der Waals surface area contributed by atoms with Crippen LogP contribution in [0.3, 0.4) is 0 Å². The summed E-state index contributed by atoms with van der Waals surface area (Å²) < 4.78 is 299. The van der Waals surface area contributed by atoms with E-state index < -0.39 is 73.4 Å². The summed E-state index contributed by atoms with van der Waals surface area (Å²) >= 11 is 0. The standard InChI is InChI=1S/C12H3F23O3/c13-1-3(14,15)10(30,31)37-7(23,9(27,28)29)12(34,35)38-6(22,8(24,25)26)11(32,33)36-2(4(16,17)18)5(19,20)21/h2H,1H2. The predicted molar refractivity (Wildman–Crippen MR) is 64.7 cm³/mol. The van der Waals surface area contributed by atoms with Gasteiger partial charge in [0.1, 0.15) is 0 Å². The Bertz CT molecular complexity index is 792. The monoisotopic (exact) mass is 632 g/mol. The van der Waals surface area contributed by atoms with Crippen LogP contribution in [0.2, 0.25) is 0 Å². The summed E-state index contributed by atoms with van der Waals surface area (Å²) in [6.07, 6.45) is -61.7. The van der Waals surface area contributed by atoms with Crippen molar-refractivity contribution >= 4 is 0 Å². The van der Waals surface area contributed by atoms with Crippen molar-refractivity contribution in [1.29, 1.82) is 0 Å². The van der Waals surface area contributed by atoms with Crippen molar-refractivity contribution in [1.82, 2.24) is 0 Å². The second-order valence-electron chi connectivity index (χ2n) is 6.36. The lowest BCUT2D eigenvalue weighted by Gasteiger charge is -2.42. The molecule has 0 spiro atoms. The van der Waals surface area contributed by atoms with Gasteiger partial charge < -0.3 is 0 Å². The van der Waals surface area contributed by atoms with Gasteiger partial charge in [0.15, 0.2) is 6.67 Å². The second-order valence-corrected chi connectivity index (χ2v) is 6.36. The van der Waals surface area contributed by atoms with Crippen LogP contribution < -0.4 is 0 Å². The molecule has 0 rings (SSSR count). The van der Waals surface area contributed by atoms with Gasteiger partial charge in [0, 0.05) is 0 Å². The molecule has 2 atom stereocenters. The molecule has 0 bridgehead atoms. The number of rotatable bonds is 10. The number of ether oxygens (including phenoxy) is 3. The molecule has 0 aromatic heterocycles. The zero-order valence-corrected chi connectivity index (χ0v) is 16.2. The van der Waals surface area contributed by atoms with Gasteiger partial charge in [-0.05, 0) is 0 Å². The van der Waals surface area contributed by atoms with E-state index in [1.54, 1.807) is 0 Å². The maximum absolute atomic E-state index is 13.9. The Hall–Kier alpha value is -1.73. The van der Waals surface area contributed by atoms with Crippen molar-refractivity contribution in [2.24, 2.45) is 0 Å². The van der Waals surface area contributed by atoms with Crippen molar-refractivity contribution in [3.63, 3.8) is 0 Å². The van der Waals surface area contributed by atoms with Crippen molar-refractivity contribution in [3.8, 4) is 0 Å². The maximum atomic E-state index is 13.9. The Morgan fingerprint density at radius 3 is 0.974 bits per heavy atom. The van der Waals surface area contributed by atoms with Gasteiger partial charge in [-0.15, -0.1) is 0 Å². The highest BCUT2D eigenvalue weighted by Crippen LogP contribution is 2.57. The van der Waals surface area contributed by atoms with E-state index in [4.69, 9.17) is 0 Å². The van der Waals surface area contributed by atoms with Crippen molar-refractivity contribution < 1.29 is 115 Å². The zero-order chi connectivity index (χ0) is 31.4. The topological polar surface area (TPSA) is 27.7 Å². The molecule has 2 unspecified atom stereocenters. The van der Waals surface area contributed by atoms with Crippen LogP contribution in [0.4, 0.5) is 101 Å². The van der Waals surface area contributed by atoms with Crippen LogP contribution in [0.15, 0.2) is 0 Å². The third kappa shape index (κ3) is 6.70. The fraction of sp³-hybridized carbons (Fsp3) is 1.00. The molecule has 38 heavy (non-hydrogen) atoms. The van der Waals surface area contributed by atoms with Gasteiger partial charge in [0.05, 0.1) is 0 Å². The van der Waals surface area contributed by atoms with E-state index in [1.807, 2.05) is 0 Å². The summed E-state index contributed by atoms with van der Waals surface area (Å²) in [6, 6.07) is 0. The smallest absolute Gasteiger partial charge is 0.293 e. The molecule has 0 radical (unpaired) electrons. The summed E-state index contributed by atoms with van der Waals surface area (Å²) in [5.74, 6) is -23.6. The minimum Gasteiger partial charge on any atom is -0.293 e. The van der Waals surface area contributed by atoms with Crippen molar-refractivity contribution in [3.05, 3.63) is 0 Å². The average molecular weight is 632 g/mol. The van der Waals surface area contributed by atoms with Crippen molar-refractivity contribution in [2.75, 3.05) is 6.67 Å². The van der Waals surface area contributed by atoms with E-state index >= 15 is 0 Å². The normalized spacial score (nSPS) is 18.9. The largest absolute Gasteiger partial charge is 0.458 e. The zero-order valence-electron chi connectivity index (χ0n) is 16.2. The van der Waals surface area contributed by atoms with Gasteiger partial charge in [0.2, 0.25) is 0 Å². The fourth-order valence-corrected chi connectivity index (χ4v) is 1.68. The summed E-state index contributed by atoms with van der Waals surface area (Å²) in [4.78, 5) is 0. The van der Waals surface area contributed by atoms with Crippen LogP contribution in [-0.4, -0.2) is 73.4 Å². The van der Waals surface area contributed by atoms with Crippen LogP contribution in [0.25, 0.3) is 0 Å². The Morgan fingerprint density at radius 2 is 0.711 bits per heavy atom. The third-order valence-electron chi connectivity index (χ3n) is 3.47. The molecular formula is C12H3F23O3. The minimum absolute atomic E-state index is 1.14. The highest BCUT2D eigenvalue weighted by molar-refractivity contribution is 4.96. The summed E-state index contributed by atoms with van der Waals surface area (Å²) in [7, 11) is 0. The number of halogens is 23. The molecule has 0 aliphatic carbocycles. The van der Waals surface area contributed by atoms with Gasteiger partial charge in [-0.3, -0.25) is 14.2 Å². The molecule has 0 N–H and O–H groups in total. The molecular weight excluding hydrogens is 629 g/mol. The maximum Gasteiger partial charge on any atom is 0.458 e. The average Bonchev–Trinajstić information content (AvgIpc) is 2.61. The highest BCUT2D eigenvalue weighted by atomic mass is 19.4. The molecule has 0 heterocycles. The van der Waals surface area contributed by atoms with E-state index in [2.05, 4.69) is 0 Å². The molecule has 0 fully saturated rings. The summed E-state index contributed by atoms with van der Waals surface area (Å²) in [5, 5.41) is 0. The molecule has 230 valence electrons. The number of hydrogen-bond acceptors (Lipinski definition) is 3. The number of hydrogen-bond donors (Lipinski definition) is 0. The van der Waals surface area contributed by atoms with Gasteiger partial charge in [-0.2, -0.15) is 96.6 Å². The SMILES string of the molecule is FCC(F)(F)C(F)(F)OC(F)(C(F)(F)F)C(F)(F)OC(F)(C(F)(F)F)C(F)(F)OC(C(F)(F)F)C(F)(F)F. The van der Waals surface area contributed by atoms with Gasteiger partial charge in [-0.25, -0.2) is 4.39 Å². The van der Waals surface area contributed by atoms with Gasteiger partial charge in [-0.1, -0.05) is 0 Å². The predicted octanol–water partition coefficient (Wildman–Crippen LogP) is 7.37. The Balaban J connectivity index is 7.05. The molecule has 0 aromatic rings. The molecule has 3 nitrogen and oxygen atoms in total. The molecule has 0 aliphatic heterocycles. The summed E-state index contributed by atoms with van der Waals surface area (Å²) in [5.41, 5.74) is 0. The molecule has 0 amide bonds. The lowest BCUT2D eigenvalue weighted by atomic mass is 10.2. The summed E-state index contributed by atoms with van der Waals surface area (Å²) in [6.45, 7) is -3.92. The van der Waals surface area contributed by atoms with Crippen LogP contribution in [-0.2, 0) is 14.2 Å². The molecule has 0 saturated heterocycles. The van der Waals surface area contributed by atoms with Crippen LogP contribution >= 0.6 is 0 Å². The minimum atomic E-state index is -8.51. The van der Waals surface area contributed by atoms with Gasteiger partial charge >= 0.3 is 60.7 Å². The first kappa shape index (κ1) is 36.3. The molecule has 0 aliphatic rings. The lowest BCUT2D eigenvalue weighted by Crippen LogP contribution is -2.69. The van der Waals surface area contributed by atoms with E-state index in [0.29, 0.717) is 0 Å². The Morgan fingerprint density at radius 1 is 0.421 bits per heavy atom. The quantitative estimate of drug-likeness (QED) is 0.236. The lowest BCUT2D eigenvalue weighted by molar-refractivity contribution is -0.571. The first-order valence-electron chi connectivity index (χ1n) is 7.86. The fourth-order valence-electron chi connectivity index (χ4n) is 1.68. The molecule has 0 aromatic carbocycles. The second kappa shape index (κ2) is 9.72. The van der Waals surface area contributed by atoms with E-state index in [-0.39, 0.29) is 0 Å². The van der Waals surface area contributed by atoms with E-state index in [0.717, 1.165) is 4.74 Å². The van der Waals surface area contributed by atoms with E-state index in [1.165, 1.54) is 9.47 Å². The molecule has 0 saturated carbocycles. The first-order valence-corrected chi connectivity index (χ1v) is 7.86. The van der Waals surface area contributed by atoms with Crippen LogP contribution in [0, 0.1) is 0 Å². The Labute approximate surface area is 190 Å². The number of alkyl halides is 23. The molecule has 26 heteroatoms. The van der Waals surface area contributed by atoms with Crippen LogP contribution in [0.1, 0.15) is 0 Å².